The Morgan fingerprint density at radius 2 is 2.04 bits per heavy atom. The van der Waals surface area contributed by atoms with Gasteiger partial charge in [-0.1, -0.05) is 24.3 Å². The molecular formula is C23H25NO4. The van der Waals surface area contributed by atoms with Crippen LogP contribution in [0, 0.1) is 0 Å². The molecule has 1 amide bonds. The van der Waals surface area contributed by atoms with Gasteiger partial charge in [-0.05, 0) is 54.2 Å². The van der Waals surface area contributed by atoms with Gasteiger partial charge in [-0.3, -0.25) is 4.79 Å². The Hall–Kier alpha value is -2.95. The summed E-state index contributed by atoms with van der Waals surface area (Å²) in [7, 11) is 3.48. The van der Waals surface area contributed by atoms with Gasteiger partial charge in [0.05, 0.1) is 13.2 Å². The topological polar surface area (TPSA) is 48.0 Å². The highest BCUT2D eigenvalue weighted by Crippen LogP contribution is 2.40. The van der Waals surface area contributed by atoms with Crippen LogP contribution in [0.1, 0.15) is 35.6 Å². The summed E-state index contributed by atoms with van der Waals surface area (Å²) in [5.41, 5.74) is 3.45. The molecule has 0 spiro atoms. The Morgan fingerprint density at radius 3 is 2.89 bits per heavy atom. The zero-order chi connectivity index (χ0) is 19.5. The van der Waals surface area contributed by atoms with Gasteiger partial charge < -0.3 is 19.1 Å². The zero-order valence-corrected chi connectivity index (χ0v) is 16.3. The third-order valence-corrected chi connectivity index (χ3v) is 5.42. The maximum Gasteiger partial charge on any atom is 0.246 e. The van der Waals surface area contributed by atoms with Gasteiger partial charge in [0, 0.05) is 13.1 Å². The van der Waals surface area contributed by atoms with Crippen LogP contribution >= 0.6 is 0 Å². The highest BCUT2D eigenvalue weighted by atomic mass is 16.6. The number of fused-ring (bicyclic) bond motifs is 2. The molecule has 0 saturated heterocycles. The fraction of sp³-hybridized carbons (Fsp3) is 0.348. The van der Waals surface area contributed by atoms with E-state index < -0.39 is 0 Å². The average Bonchev–Trinajstić information content (AvgIpc) is 2.75. The van der Waals surface area contributed by atoms with Crippen molar-refractivity contribution in [1.29, 1.82) is 0 Å². The lowest BCUT2D eigenvalue weighted by atomic mass is 9.87. The average molecular weight is 379 g/mol. The van der Waals surface area contributed by atoms with Crippen LogP contribution in [0.3, 0.4) is 0 Å². The summed E-state index contributed by atoms with van der Waals surface area (Å²) >= 11 is 0. The van der Waals surface area contributed by atoms with Crippen molar-refractivity contribution in [2.24, 2.45) is 0 Å². The predicted octanol–water partition coefficient (Wildman–Crippen LogP) is 4.02. The summed E-state index contributed by atoms with van der Waals surface area (Å²) in [5, 5.41) is 0. The molecule has 1 aliphatic carbocycles. The molecule has 0 aromatic heterocycles. The van der Waals surface area contributed by atoms with E-state index in [1.165, 1.54) is 11.1 Å². The van der Waals surface area contributed by atoms with Gasteiger partial charge in [-0.15, -0.1) is 0 Å². The van der Waals surface area contributed by atoms with Gasteiger partial charge in [0.2, 0.25) is 11.7 Å². The minimum atomic E-state index is -0.0180. The molecule has 0 bridgehead atoms. The summed E-state index contributed by atoms with van der Waals surface area (Å²) < 4.78 is 16.7. The second-order valence-electron chi connectivity index (χ2n) is 7.14. The van der Waals surface area contributed by atoms with E-state index in [-0.39, 0.29) is 11.9 Å². The first-order valence-corrected chi connectivity index (χ1v) is 9.67. The number of rotatable bonds is 4. The third kappa shape index (κ3) is 3.57. The van der Waals surface area contributed by atoms with Crippen molar-refractivity contribution in [1.82, 2.24) is 4.90 Å². The maximum atomic E-state index is 12.8. The number of nitrogens with zero attached hydrogens (tertiary/aromatic N) is 1. The van der Waals surface area contributed by atoms with E-state index in [0.717, 1.165) is 24.8 Å². The zero-order valence-electron chi connectivity index (χ0n) is 16.3. The van der Waals surface area contributed by atoms with Crippen molar-refractivity contribution in [3.63, 3.8) is 0 Å². The molecule has 146 valence electrons. The first kappa shape index (κ1) is 18.4. The van der Waals surface area contributed by atoms with E-state index in [1.54, 1.807) is 19.3 Å². The number of aryl methyl sites for hydroxylation is 1. The number of benzene rings is 2. The lowest BCUT2D eigenvalue weighted by Crippen LogP contribution is -2.32. The molecule has 4 rings (SSSR count). The van der Waals surface area contributed by atoms with Gasteiger partial charge in [0.15, 0.2) is 11.5 Å². The van der Waals surface area contributed by atoms with Crippen molar-refractivity contribution in [2.45, 2.75) is 25.3 Å². The molecular weight excluding hydrogens is 354 g/mol. The van der Waals surface area contributed by atoms with Crippen LogP contribution in [-0.4, -0.2) is 38.2 Å². The van der Waals surface area contributed by atoms with Crippen molar-refractivity contribution in [3.05, 3.63) is 59.2 Å². The van der Waals surface area contributed by atoms with Crippen LogP contribution in [-0.2, 0) is 11.2 Å². The molecule has 1 unspecified atom stereocenters. The minimum Gasteiger partial charge on any atom is -0.493 e. The number of carbonyl (C=O) groups is 1. The van der Waals surface area contributed by atoms with Crippen LogP contribution < -0.4 is 14.2 Å². The smallest absolute Gasteiger partial charge is 0.246 e. The number of ether oxygens (including phenoxy) is 3. The van der Waals surface area contributed by atoms with Crippen LogP contribution in [0.5, 0.6) is 17.2 Å². The molecule has 0 saturated carbocycles. The Balaban J connectivity index is 1.53. The molecule has 1 atom stereocenters. The number of hydrogen-bond acceptors (Lipinski definition) is 4. The minimum absolute atomic E-state index is 0.0180. The SMILES string of the molecule is COc1cc(/C=C/C(=O)N(C)C2CCCc3ccccc32)cc2c1OCCO2. The van der Waals surface area contributed by atoms with E-state index in [2.05, 4.69) is 18.2 Å². The standard InChI is InChI=1S/C23H25NO4/c1-24(19-9-5-7-17-6-3-4-8-18(17)19)22(25)11-10-16-14-20(26-2)23-21(15-16)27-12-13-28-23/h3-4,6,8,10-11,14-15,19H,5,7,9,12-13H2,1-2H3/b11-10+. The monoisotopic (exact) mass is 379 g/mol. The van der Waals surface area contributed by atoms with Gasteiger partial charge in [-0.25, -0.2) is 0 Å². The maximum absolute atomic E-state index is 12.8. The molecule has 0 N–H and O–H groups in total. The molecule has 2 aromatic rings. The Kier molecular flexibility index (Phi) is 5.24. The van der Waals surface area contributed by atoms with Gasteiger partial charge in [-0.2, -0.15) is 0 Å². The Bertz CT molecular complexity index is 888. The van der Waals surface area contributed by atoms with Crippen LogP contribution in [0.4, 0.5) is 0 Å². The largest absolute Gasteiger partial charge is 0.493 e. The van der Waals surface area contributed by atoms with E-state index in [0.29, 0.717) is 30.5 Å². The molecule has 2 aromatic carbocycles. The lowest BCUT2D eigenvalue weighted by Gasteiger charge is -2.32. The lowest BCUT2D eigenvalue weighted by molar-refractivity contribution is -0.127. The summed E-state index contributed by atoms with van der Waals surface area (Å²) in [4.78, 5) is 14.7. The molecule has 1 heterocycles. The number of hydrogen-bond donors (Lipinski definition) is 0. The van der Waals surface area contributed by atoms with Gasteiger partial charge in [0.25, 0.3) is 0 Å². The molecule has 5 nitrogen and oxygen atoms in total. The quantitative estimate of drug-likeness (QED) is 0.753. The highest BCUT2D eigenvalue weighted by molar-refractivity contribution is 5.92. The Labute approximate surface area is 165 Å². The second kappa shape index (κ2) is 7.97. The van der Waals surface area contributed by atoms with E-state index >= 15 is 0 Å². The summed E-state index contributed by atoms with van der Waals surface area (Å²) in [6.07, 6.45) is 6.59. The molecule has 2 aliphatic rings. The third-order valence-electron chi connectivity index (χ3n) is 5.42. The van der Waals surface area contributed by atoms with Gasteiger partial charge >= 0.3 is 0 Å². The molecule has 5 heteroatoms. The summed E-state index contributed by atoms with van der Waals surface area (Å²) in [6.45, 7) is 1.01. The number of likely N-dealkylation sites (N-methyl/N-ethyl adjacent to an activating group) is 1. The fourth-order valence-electron chi connectivity index (χ4n) is 3.96. The molecule has 28 heavy (non-hydrogen) atoms. The van der Waals surface area contributed by atoms with E-state index in [9.17, 15) is 4.79 Å². The summed E-state index contributed by atoms with van der Waals surface area (Å²) in [5.74, 6) is 1.86. The van der Waals surface area contributed by atoms with E-state index in [4.69, 9.17) is 14.2 Å². The first-order valence-electron chi connectivity index (χ1n) is 9.67. The number of methoxy groups -OCH3 is 1. The second-order valence-corrected chi connectivity index (χ2v) is 7.14. The number of amides is 1. The molecule has 1 aliphatic heterocycles. The van der Waals surface area contributed by atoms with Crippen molar-refractivity contribution in [3.8, 4) is 17.2 Å². The van der Waals surface area contributed by atoms with E-state index in [1.807, 2.05) is 30.1 Å². The Morgan fingerprint density at radius 1 is 1.21 bits per heavy atom. The van der Waals surface area contributed by atoms with Gasteiger partial charge in [0.1, 0.15) is 13.2 Å². The van der Waals surface area contributed by atoms with Crippen molar-refractivity contribution < 1.29 is 19.0 Å². The normalized spacial score (nSPS) is 17.9. The fourth-order valence-corrected chi connectivity index (χ4v) is 3.96. The van der Waals surface area contributed by atoms with Crippen molar-refractivity contribution >= 4 is 12.0 Å². The van der Waals surface area contributed by atoms with Crippen LogP contribution in [0.15, 0.2) is 42.5 Å². The van der Waals surface area contributed by atoms with Crippen LogP contribution in [0.2, 0.25) is 0 Å². The predicted molar refractivity (Wildman–Crippen MR) is 108 cm³/mol. The summed E-state index contributed by atoms with van der Waals surface area (Å²) in [6, 6.07) is 12.3. The number of carbonyl (C=O) groups excluding carboxylic acids is 1. The van der Waals surface area contributed by atoms with Crippen LogP contribution in [0.25, 0.3) is 6.08 Å². The first-order chi connectivity index (χ1) is 13.7. The molecule has 0 radical (unpaired) electrons. The van der Waals surface area contributed by atoms with Crippen molar-refractivity contribution in [2.75, 3.05) is 27.4 Å². The highest BCUT2D eigenvalue weighted by Gasteiger charge is 2.25. The molecule has 0 fully saturated rings.